The molecule has 1 atom stereocenters. The van der Waals surface area contributed by atoms with Gasteiger partial charge in [-0.15, -0.1) is 24.0 Å². The number of aliphatic imine (C=N–C) groups is 1. The van der Waals surface area contributed by atoms with Gasteiger partial charge in [0.15, 0.2) is 5.96 Å². The lowest BCUT2D eigenvalue weighted by Gasteiger charge is -2.33. The molecule has 0 aliphatic carbocycles. The lowest BCUT2D eigenvalue weighted by Crippen LogP contribution is -2.39. The number of hydrogen-bond acceptors (Lipinski definition) is 2. The summed E-state index contributed by atoms with van der Waals surface area (Å²) in [6.45, 7) is 7.07. The summed E-state index contributed by atoms with van der Waals surface area (Å²) in [5.41, 5.74) is 11.1. The van der Waals surface area contributed by atoms with E-state index in [1.165, 1.54) is 16.7 Å². The number of benzene rings is 2. The lowest BCUT2D eigenvalue weighted by atomic mass is 9.99. The number of aryl methyl sites for hydroxylation is 1. The molecule has 1 unspecified atom stereocenters. The first-order valence-corrected chi connectivity index (χ1v) is 8.56. The summed E-state index contributed by atoms with van der Waals surface area (Å²) in [5.74, 6) is 0.477. The molecule has 3 rings (SSSR count). The largest absolute Gasteiger partial charge is 0.370 e. The number of anilines is 1. The van der Waals surface area contributed by atoms with Crippen molar-refractivity contribution in [2.45, 2.75) is 32.9 Å². The molecule has 4 nitrogen and oxygen atoms in total. The maximum absolute atomic E-state index is 6.03. The van der Waals surface area contributed by atoms with Crippen molar-refractivity contribution < 1.29 is 0 Å². The summed E-state index contributed by atoms with van der Waals surface area (Å²) >= 11 is 0. The van der Waals surface area contributed by atoms with Crippen LogP contribution < -0.4 is 11.1 Å². The molecule has 3 N–H and O–H groups in total. The first kappa shape index (κ1) is 19.7. The average Bonchev–Trinajstić information content (AvgIpc) is 2.59. The highest BCUT2D eigenvalue weighted by Crippen LogP contribution is 2.20. The number of nitrogens with one attached hydrogen (secondary N) is 1. The second-order valence-electron chi connectivity index (χ2n) is 6.56. The van der Waals surface area contributed by atoms with Crippen LogP contribution >= 0.6 is 24.0 Å². The van der Waals surface area contributed by atoms with Gasteiger partial charge in [-0.3, -0.25) is 9.89 Å². The van der Waals surface area contributed by atoms with Crippen molar-refractivity contribution >= 4 is 35.6 Å². The lowest BCUT2D eigenvalue weighted by molar-refractivity contribution is 0.195. The quantitative estimate of drug-likeness (QED) is 0.424. The van der Waals surface area contributed by atoms with Gasteiger partial charge in [0.1, 0.15) is 0 Å². The number of nitrogens with zero attached hydrogens (tertiary/aromatic N) is 2. The Kier molecular flexibility index (Phi) is 7.25. The third kappa shape index (κ3) is 5.44. The summed E-state index contributed by atoms with van der Waals surface area (Å²) in [5, 5.41) is 3.17. The van der Waals surface area contributed by atoms with E-state index in [1.54, 1.807) is 0 Å². The molecule has 1 heterocycles. The Morgan fingerprint density at radius 2 is 1.96 bits per heavy atom. The molecule has 2 aromatic carbocycles. The summed E-state index contributed by atoms with van der Waals surface area (Å²) in [6.07, 6.45) is 1.11. The van der Waals surface area contributed by atoms with Crippen molar-refractivity contribution in [1.82, 2.24) is 4.90 Å². The number of fused-ring (bicyclic) bond motifs is 1. The molecule has 0 saturated carbocycles. The number of nitrogens with two attached hydrogens (primary N) is 1. The third-order valence-corrected chi connectivity index (χ3v) is 4.60. The van der Waals surface area contributed by atoms with Crippen LogP contribution in [0, 0.1) is 6.92 Å². The van der Waals surface area contributed by atoms with Crippen LogP contribution in [0.5, 0.6) is 0 Å². The molecular weight excluding hydrogens is 423 g/mol. The van der Waals surface area contributed by atoms with Crippen molar-refractivity contribution in [1.29, 1.82) is 0 Å². The topological polar surface area (TPSA) is 53.6 Å². The summed E-state index contributed by atoms with van der Waals surface area (Å²) < 4.78 is 0. The summed E-state index contributed by atoms with van der Waals surface area (Å²) in [7, 11) is 0. The second-order valence-corrected chi connectivity index (χ2v) is 6.56. The van der Waals surface area contributed by atoms with Crippen LogP contribution in [-0.4, -0.2) is 30.0 Å². The third-order valence-electron chi connectivity index (χ3n) is 4.60. The van der Waals surface area contributed by atoms with E-state index < -0.39 is 0 Å². The zero-order valence-corrected chi connectivity index (χ0v) is 17.2. The summed E-state index contributed by atoms with van der Waals surface area (Å²) in [4.78, 5) is 7.00. The highest BCUT2D eigenvalue weighted by Gasteiger charge is 2.19. The van der Waals surface area contributed by atoms with Crippen LogP contribution in [0.2, 0.25) is 0 Å². The molecular formula is C20H27IN4. The minimum Gasteiger partial charge on any atom is -0.370 e. The Balaban J connectivity index is 0.00000225. The number of hydrogen-bond donors (Lipinski definition) is 2. The van der Waals surface area contributed by atoms with Crippen LogP contribution in [0.15, 0.2) is 53.5 Å². The van der Waals surface area contributed by atoms with Gasteiger partial charge >= 0.3 is 0 Å². The first-order valence-electron chi connectivity index (χ1n) is 8.56. The van der Waals surface area contributed by atoms with Gasteiger partial charge in [-0.2, -0.15) is 0 Å². The molecule has 0 saturated heterocycles. The van der Waals surface area contributed by atoms with Gasteiger partial charge in [0.05, 0.1) is 6.54 Å². The minimum atomic E-state index is 0. The monoisotopic (exact) mass is 450 g/mol. The van der Waals surface area contributed by atoms with E-state index in [4.69, 9.17) is 5.73 Å². The molecule has 2 aromatic rings. The molecule has 134 valence electrons. The standard InChI is InChI=1S/C20H26N4.HI/c1-15-6-5-9-19(12-15)23-20(21)22-13-16(2)24-11-10-17-7-3-4-8-18(17)14-24;/h3-9,12,16H,10-11,13-14H2,1-2H3,(H3,21,22,23);1H. The Bertz CT molecular complexity index is 729. The Morgan fingerprint density at radius 1 is 1.20 bits per heavy atom. The SMILES string of the molecule is Cc1cccc(NC(N)=NCC(C)N2CCc3ccccc3C2)c1.I. The van der Waals surface area contributed by atoms with Crippen LogP contribution in [0.4, 0.5) is 5.69 Å². The predicted octanol–water partition coefficient (Wildman–Crippen LogP) is 3.79. The van der Waals surface area contributed by atoms with Gasteiger partial charge in [-0.05, 0) is 49.1 Å². The van der Waals surface area contributed by atoms with Gasteiger partial charge < -0.3 is 11.1 Å². The zero-order chi connectivity index (χ0) is 16.9. The van der Waals surface area contributed by atoms with Crippen molar-refractivity contribution in [3.8, 4) is 0 Å². The van der Waals surface area contributed by atoms with Gasteiger partial charge in [0.25, 0.3) is 0 Å². The highest BCUT2D eigenvalue weighted by molar-refractivity contribution is 14.0. The number of guanidine groups is 1. The molecule has 0 spiro atoms. The maximum atomic E-state index is 6.03. The van der Waals surface area contributed by atoms with E-state index in [0.29, 0.717) is 18.5 Å². The van der Waals surface area contributed by atoms with E-state index in [1.807, 2.05) is 12.1 Å². The predicted molar refractivity (Wildman–Crippen MR) is 117 cm³/mol. The van der Waals surface area contributed by atoms with Crippen molar-refractivity contribution in [2.24, 2.45) is 10.7 Å². The number of rotatable bonds is 4. The first-order chi connectivity index (χ1) is 11.6. The van der Waals surface area contributed by atoms with Gasteiger partial charge in [0.2, 0.25) is 0 Å². The van der Waals surface area contributed by atoms with Crippen LogP contribution in [0.3, 0.4) is 0 Å². The normalized spacial score (nSPS) is 15.8. The van der Waals surface area contributed by atoms with Crippen molar-refractivity contribution in [3.63, 3.8) is 0 Å². The van der Waals surface area contributed by atoms with E-state index in [9.17, 15) is 0 Å². The molecule has 1 aliphatic rings. The Hall–Kier alpha value is -1.60. The highest BCUT2D eigenvalue weighted by atomic mass is 127. The van der Waals surface area contributed by atoms with Crippen LogP contribution in [-0.2, 0) is 13.0 Å². The molecule has 5 heteroatoms. The fourth-order valence-corrected chi connectivity index (χ4v) is 3.15. The fourth-order valence-electron chi connectivity index (χ4n) is 3.15. The van der Waals surface area contributed by atoms with E-state index in [2.05, 4.69) is 65.5 Å². The fraction of sp³-hybridized carbons (Fsp3) is 0.350. The molecule has 25 heavy (non-hydrogen) atoms. The van der Waals surface area contributed by atoms with Gasteiger partial charge in [-0.25, -0.2) is 0 Å². The number of halogens is 1. The van der Waals surface area contributed by atoms with E-state index >= 15 is 0 Å². The summed E-state index contributed by atoms with van der Waals surface area (Å²) in [6, 6.07) is 17.2. The average molecular weight is 450 g/mol. The molecule has 0 aromatic heterocycles. The van der Waals surface area contributed by atoms with E-state index in [0.717, 1.165) is 25.2 Å². The second kappa shape index (κ2) is 9.20. The maximum Gasteiger partial charge on any atom is 0.193 e. The molecule has 1 aliphatic heterocycles. The van der Waals surface area contributed by atoms with Crippen molar-refractivity contribution in [3.05, 3.63) is 65.2 Å². The smallest absolute Gasteiger partial charge is 0.193 e. The minimum absolute atomic E-state index is 0. The molecule has 0 bridgehead atoms. The van der Waals surface area contributed by atoms with Gasteiger partial charge in [0, 0.05) is 24.8 Å². The molecule has 0 amide bonds. The van der Waals surface area contributed by atoms with Crippen LogP contribution in [0.25, 0.3) is 0 Å². The zero-order valence-electron chi connectivity index (χ0n) is 14.9. The van der Waals surface area contributed by atoms with Crippen molar-refractivity contribution in [2.75, 3.05) is 18.4 Å². The Labute approximate surface area is 167 Å². The Morgan fingerprint density at radius 3 is 2.72 bits per heavy atom. The molecule has 0 fully saturated rings. The molecule has 0 radical (unpaired) electrons. The van der Waals surface area contributed by atoms with Crippen LogP contribution in [0.1, 0.15) is 23.6 Å². The van der Waals surface area contributed by atoms with E-state index in [-0.39, 0.29) is 24.0 Å². The van der Waals surface area contributed by atoms with Gasteiger partial charge in [-0.1, -0.05) is 36.4 Å².